The molecule has 1 fully saturated rings. The van der Waals surface area contributed by atoms with Gasteiger partial charge in [0, 0.05) is 85.4 Å². The Labute approximate surface area is 244 Å². The molecule has 212 valence electrons. The summed E-state index contributed by atoms with van der Waals surface area (Å²) in [6.45, 7) is 0. The van der Waals surface area contributed by atoms with Gasteiger partial charge in [-0.3, -0.25) is 0 Å². The molecule has 42 heavy (non-hydrogen) atoms. The molecule has 0 aliphatic heterocycles. The van der Waals surface area contributed by atoms with E-state index < -0.39 is 24.0 Å². The zero-order chi connectivity index (χ0) is 29.4. The minimum Gasteiger partial charge on any atom is -0.508 e. The van der Waals surface area contributed by atoms with Crippen molar-refractivity contribution in [3.8, 4) is 11.5 Å². The molecule has 0 heterocycles. The molecule has 6 heteroatoms. The van der Waals surface area contributed by atoms with Crippen molar-refractivity contribution < 1.29 is 20.4 Å². The van der Waals surface area contributed by atoms with E-state index in [0.717, 1.165) is 54.5 Å². The third-order valence-corrected chi connectivity index (χ3v) is 9.10. The van der Waals surface area contributed by atoms with E-state index in [1.54, 1.807) is 12.1 Å². The molecule has 0 saturated heterocycles. The molecule has 0 radical (unpaired) electrons. The maximum atomic E-state index is 11.8. The van der Waals surface area contributed by atoms with Crippen LogP contribution in [0.2, 0.25) is 0 Å². The molecule has 0 bridgehead atoms. The number of aromatic hydroxyl groups is 2. The minimum atomic E-state index is -1.03. The van der Waals surface area contributed by atoms with Gasteiger partial charge in [0.15, 0.2) is 0 Å². The Morgan fingerprint density at radius 2 is 0.786 bits per heavy atom. The number of anilines is 2. The van der Waals surface area contributed by atoms with Gasteiger partial charge >= 0.3 is 0 Å². The summed E-state index contributed by atoms with van der Waals surface area (Å²) in [5.41, 5.74) is 2.76. The van der Waals surface area contributed by atoms with Crippen molar-refractivity contribution in [3.05, 3.63) is 96.1 Å². The van der Waals surface area contributed by atoms with Gasteiger partial charge in [0.05, 0.1) is 12.2 Å². The highest BCUT2D eigenvalue weighted by atomic mass is 16.3. The number of fused-ring (bicyclic) bond motifs is 4. The summed E-state index contributed by atoms with van der Waals surface area (Å²) in [4.78, 5) is 3.91. The number of aliphatic hydroxyl groups excluding tert-OH is 2. The Kier molecular flexibility index (Phi) is 5.98. The van der Waals surface area contributed by atoms with Gasteiger partial charge in [0.25, 0.3) is 0 Å². The van der Waals surface area contributed by atoms with Gasteiger partial charge in [-0.05, 0) is 56.6 Å². The highest BCUT2D eigenvalue weighted by molar-refractivity contribution is 6.08. The fourth-order valence-electron chi connectivity index (χ4n) is 7.03. The molecule has 0 aromatic heterocycles. The highest BCUT2D eigenvalue weighted by Gasteiger charge is 2.53. The highest BCUT2D eigenvalue weighted by Crippen LogP contribution is 2.56. The molecule has 0 unspecified atom stereocenters. The Hall–Kier alpha value is -4.52. The van der Waals surface area contributed by atoms with E-state index in [-0.39, 0.29) is 11.5 Å². The summed E-state index contributed by atoms with van der Waals surface area (Å²) in [7, 11) is 7.73. The standard InChI is InChI=1S/C36H34N2O4/c1-37(2)27-17-29(39)31(25-15-21-11-7-5-9-19(21)13-23(25)27)33-35(41)34(36(33)42)32-26-16-22-12-8-6-10-20(22)14-24(26)28(38(3)4)18-30(32)40/h5-18,33-36,39-42H,1-4H3. The Morgan fingerprint density at radius 1 is 0.476 bits per heavy atom. The van der Waals surface area contributed by atoms with E-state index in [4.69, 9.17) is 0 Å². The average Bonchev–Trinajstić information content (AvgIpc) is 2.97. The largest absolute Gasteiger partial charge is 0.508 e. The SMILES string of the molecule is CN(C)c1cc(O)c(C2C(O)C(c3c(O)cc(N(C)C)c4cc5ccccc5cc34)C2O)c2cc3ccccc3cc12. The van der Waals surface area contributed by atoms with Gasteiger partial charge in [-0.2, -0.15) is 0 Å². The van der Waals surface area contributed by atoms with Gasteiger partial charge < -0.3 is 30.2 Å². The van der Waals surface area contributed by atoms with Crippen molar-refractivity contribution >= 4 is 54.5 Å². The lowest BCUT2D eigenvalue weighted by Crippen LogP contribution is -2.51. The number of hydrogen-bond donors (Lipinski definition) is 4. The van der Waals surface area contributed by atoms with Gasteiger partial charge in [0.1, 0.15) is 11.5 Å². The molecule has 1 aliphatic carbocycles. The summed E-state index contributed by atoms with van der Waals surface area (Å²) in [5.74, 6) is -1.41. The van der Waals surface area contributed by atoms with Crippen LogP contribution >= 0.6 is 0 Å². The van der Waals surface area contributed by atoms with E-state index in [2.05, 4.69) is 24.3 Å². The normalized spacial score (nSPS) is 20.3. The van der Waals surface area contributed by atoms with Crippen molar-refractivity contribution in [2.45, 2.75) is 24.0 Å². The average molecular weight is 559 g/mol. The van der Waals surface area contributed by atoms with Crippen molar-refractivity contribution in [2.75, 3.05) is 38.0 Å². The summed E-state index contributed by atoms with van der Waals surface area (Å²) in [6.07, 6.45) is -2.06. The zero-order valence-electron chi connectivity index (χ0n) is 24.1. The van der Waals surface area contributed by atoms with Crippen LogP contribution in [0, 0.1) is 0 Å². The first-order valence-corrected chi connectivity index (χ1v) is 14.2. The van der Waals surface area contributed by atoms with Crippen LogP contribution in [-0.2, 0) is 0 Å². The fourth-order valence-corrected chi connectivity index (χ4v) is 7.03. The van der Waals surface area contributed by atoms with Crippen LogP contribution in [0.3, 0.4) is 0 Å². The maximum Gasteiger partial charge on any atom is 0.121 e. The summed E-state index contributed by atoms with van der Waals surface area (Å²) in [6, 6.07) is 27.8. The summed E-state index contributed by atoms with van der Waals surface area (Å²) >= 11 is 0. The number of rotatable bonds is 4. The Morgan fingerprint density at radius 3 is 1.10 bits per heavy atom. The van der Waals surface area contributed by atoms with Crippen LogP contribution in [0.15, 0.2) is 84.9 Å². The third-order valence-electron chi connectivity index (χ3n) is 9.10. The first kappa shape index (κ1) is 26.4. The summed E-state index contributed by atoms with van der Waals surface area (Å²) in [5, 5.41) is 54.0. The third kappa shape index (κ3) is 3.79. The molecule has 1 aliphatic rings. The van der Waals surface area contributed by atoms with Crippen LogP contribution in [0.25, 0.3) is 43.1 Å². The molecule has 0 atom stereocenters. The monoisotopic (exact) mass is 558 g/mol. The number of phenols is 2. The van der Waals surface area contributed by atoms with E-state index >= 15 is 0 Å². The predicted molar refractivity (Wildman–Crippen MR) is 172 cm³/mol. The molecular weight excluding hydrogens is 524 g/mol. The number of phenolic OH excluding ortho intramolecular Hbond substituents is 2. The molecule has 6 aromatic rings. The second kappa shape index (κ2) is 9.51. The molecule has 1 saturated carbocycles. The Bertz CT molecular complexity index is 1880. The molecule has 6 aromatic carbocycles. The van der Waals surface area contributed by atoms with E-state index in [0.29, 0.717) is 11.1 Å². The number of aliphatic hydroxyl groups is 2. The number of hydrogen-bond acceptors (Lipinski definition) is 6. The lowest BCUT2D eigenvalue weighted by molar-refractivity contribution is -0.0787. The first-order chi connectivity index (χ1) is 20.2. The maximum absolute atomic E-state index is 11.8. The molecular formula is C36H34N2O4. The van der Waals surface area contributed by atoms with E-state index in [1.165, 1.54) is 0 Å². The lowest BCUT2D eigenvalue weighted by Gasteiger charge is -2.48. The molecule has 6 nitrogen and oxygen atoms in total. The Balaban J connectivity index is 1.42. The number of nitrogens with zero attached hydrogens (tertiary/aromatic N) is 2. The van der Waals surface area contributed by atoms with Gasteiger partial charge in [-0.15, -0.1) is 0 Å². The summed E-state index contributed by atoms with van der Waals surface area (Å²) < 4.78 is 0. The van der Waals surface area contributed by atoms with Crippen LogP contribution in [0.4, 0.5) is 11.4 Å². The topological polar surface area (TPSA) is 87.4 Å². The van der Waals surface area contributed by atoms with E-state index in [9.17, 15) is 20.4 Å². The minimum absolute atomic E-state index is 0.0334. The molecule has 0 spiro atoms. The van der Waals surface area contributed by atoms with Crippen LogP contribution in [-0.4, -0.2) is 60.8 Å². The molecule has 7 rings (SSSR count). The second-order valence-electron chi connectivity index (χ2n) is 12.0. The molecule has 0 amide bonds. The van der Waals surface area contributed by atoms with E-state index in [1.807, 2.05) is 86.5 Å². The smallest absolute Gasteiger partial charge is 0.121 e. The van der Waals surface area contributed by atoms with Crippen LogP contribution in [0.1, 0.15) is 23.0 Å². The molecule has 4 N–H and O–H groups in total. The first-order valence-electron chi connectivity index (χ1n) is 14.2. The van der Waals surface area contributed by atoms with Crippen molar-refractivity contribution in [2.24, 2.45) is 0 Å². The van der Waals surface area contributed by atoms with Crippen LogP contribution < -0.4 is 9.80 Å². The predicted octanol–water partition coefficient (Wildman–Crippen LogP) is 6.45. The lowest BCUT2D eigenvalue weighted by atomic mass is 9.61. The second-order valence-corrected chi connectivity index (χ2v) is 12.0. The van der Waals surface area contributed by atoms with Gasteiger partial charge in [-0.25, -0.2) is 0 Å². The number of benzene rings is 6. The van der Waals surface area contributed by atoms with Gasteiger partial charge in [-0.1, -0.05) is 48.5 Å². The quantitative estimate of drug-likeness (QED) is 0.186. The van der Waals surface area contributed by atoms with Crippen LogP contribution in [0.5, 0.6) is 11.5 Å². The van der Waals surface area contributed by atoms with Crippen molar-refractivity contribution in [1.82, 2.24) is 0 Å². The van der Waals surface area contributed by atoms with Crippen molar-refractivity contribution in [3.63, 3.8) is 0 Å². The fraction of sp³-hybridized carbons (Fsp3) is 0.222. The van der Waals surface area contributed by atoms with Crippen molar-refractivity contribution in [1.29, 1.82) is 0 Å². The van der Waals surface area contributed by atoms with Gasteiger partial charge in [0.2, 0.25) is 0 Å². The zero-order valence-corrected chi connectivity index (χ0v) is 24.1.